The molecule has 0 spiro atoms. The van der Waals surface area contributed by atoms with E-state index in [0.717, 1.165) is 25.0 Å². The van der Waals surface area contributed by atoms with Crippen molar-refractivity contribution in [2.75, 3.05) is 5.73 Å². The SMILES string of the molecule is CCCCc1cc(N)n2ncnc2n1. The highest BCUT2D eigenvalue weighted by atomic mass is 15.3. The molecule has 0 saturated heterocycles. The maximum absolute atomic E-state index is 5.79. The van der Waals surface area contributed by atoms with Crippen molar-refractivity contribution in [3.63, 3.8) is 0 Å². The molecule has 0 radical (unpaired) electrons. The standard InChI is InChI=1S/C9H13N5/c1-2-3-4-7-5-8(10)14-9(13-7)11-6-12-14/h5-6H,2-4,10H2,1H3. The average Bonchev–Trinajstić information content (AvgIpc) is 2.63. The summed E-state index contributed by atoms with van der Waals surface area (Å²) in [6.45, 7) is 2.15. The number of anilines is 1. The Morgan fingerprint density at radius 3 is 3.14 bits per heavy atom. The van der Waals surface area contributed by atoms with Gasteiger partial charge >= 0.3 is 0 Å². The van der Waals surface area contributed by atoms with E-state index < -0.39 is 0 Å². The van der Waals surface area contributed by atoms with Crippen molar-refractivity contribution in [1.82, 2.24) is 19.6 Å². The van der Waals surface area contributed by atoms with E-state index in [0.29, 0.717) is 11.6 Å². The molecule has 0 aliphatic heterocycles. The van der Waals surface area contributed by atoms with Crippen LogP contribution >= 0.6 is 0 Å². The highest BCUT2D eigenvalue weighted by Gasteiger charge is 2.03. The van der Waals surface area contributed by atoms with E-state index in [-0.39, 0.29) is 0 Å². The maximum Gasteiger partial charge on any atom is 0.254 e. The van der Waals surface area contributed by atoms with Gasteiger partial charge in [0, 0.05) is 11.8 Å². The van der Waals surface area contributed by atoms with Gasteiger partial charge < -0.3 is 5.73 Å². The van der Waals surface area contributed by atoms with E-state index in [1.165, 1.54) is 10.8 Å². The van der Waals surface area contributed by atoms with Gasteiger partial charge in [-0.25, -0.2) is 4.98 Å². The summed E-state index contributed by atoms with van der Waals surface area (Å²) in [5.74, 6) is 1.18. The second-order valence-corrected chi connectivity index (χ2v) is 3.25. The van der Waals surface area contributed by atoms with Gasteiger partial charge in [-0.3, -0.25) is 0 Å². The zero-order valence-electron chi connectivity index (χ0n) is 8.14. The minimum Gasteiger partial charge on any atom is -0.383 e. The Morgan fingerprint density at radius 1 is 1.50 bits per heavy atom. The van der Waals surface area contributed by atoms with Crippen molar-refractivity contribution in [3.8, 4) is 0 Å². The van der Waals surface area contributed by atoms with Crippen LogP contribution in [0.5, 0.6) is 0 Å². The average molecular weight is 191 g/mol. The fraction of sp³-hybridized carbons (Fsp3) is 0.444. The number of fused-ring (bicyclic) bond motifs is 1. The Morgan fingerprint density at radius 2 is 2.36 bits per heavy atom. The highest BCUT2D eigenvalue weighted by Crippen LogP contribution is 2.09. The zero-order valence-corrected chi connectivity index (χ0v) is 8.14. The third kappa shape index (κ3) is 1.53. The second-order valence-electron chi connectivity index (χ2n) is 3.25. The largest absolute Gasteiger partial charge is 0.383 e. The van der Waals surface area contributed by atoms with Gasteiger partial charge in [-0.05, 0) is 12.8 Å². The molecule has 0 amide bonds. The van der Waals surface area contributed by atoms with E-state index in [1.54, 1.807) is 0 Å². The summed E-state index contributed by atoms with van der Waals surface area (Å²) in [7, 11) is 0. The Hall–Kier alpha value is -1.65. The van der Waals surface area contributed by atoms with Crippen molar-refractivity contribution < 1.29 is 0 Å². The molecule has 5 nitrogen and oxygen atoms in total. The fourth-order valence-electron chi connectivity index (χ4n) is 1.37. The highest BCUT2D eigenvalue weighted by molar-refractivity contribution is 5.41. The molecule has 0 saturated carbocycles. The van der Waals surface area contributed by atoms with Gasteiger partial charge in [0.05, 0.1) is 0 Å². The minimum atomic E-state index is 0.580. The van der Waals surface area contributed by atoms with Crippen LogP contribution in [0.3, 0.4) is 0 Å². The van der Waals surface area contributed by atoms with Crippen molar-refractivity contribution in [1.29, 1.82) is 0 Å². The van der Waals surface area contributed by atoms with Gasteiger partial charge in [-0.15, -0.1) is 0 Å². The van der Waals surface area contributed by atoms with E-state index in [1.807, 2.05) is 6.07 Å². The summed E-state index contributed by atoms with van der Waals surface area (Å²) < 4.78 is 1.54. The first kappa shape index (κ1) is 8.93. The molecule has 0 unspecified atom stereocenters. The fourth-order valence-corrected chi connectivity index (χ4v) is 1.37. The topological polar surface area (TPSA) is 69.1 Å². The lowest BCUT2D eigenvalue weighted by Crippen LogP contribution is -2.03. The van der Waals surface area contributed by atoms with E-state index in [9.17, 15) is 0 Å². The molecular weight excluding hydrogens is 178 g/mol. The third-order valence-electron chi connectivity index (χ3n) is 2.12. The summed E-state index contributed by atoms with van der Waals surface area (Å²) >= 11 is 0. The van der Waals surface area contributed by atoms with Gasteiger partial charge in [0.2, 0.25) is 0 Å². The zero-order chi connectivity index (χ0) is 9.97. The summed E-state index contributed by atoms with van der Waals surface area (Å²) in [6, 6.07) is 1.86. The molecule has 0 aliphatic carbocycles. The van der Waals surface area contributed by atoms with Crippen molar-refractivity contribution >= 4 is 11.6 Å². The number of aryl methyl sites for hydroxylation is 1. The quantitative estimate of drug-likeness (QED) is 0.787. The third-order valence-corrected chi connectivity index (χ3v) is 2.12. The first-order valence-corrected chi connectivity index (χ1v) is 4.76. The van der Waals surface area contributed by atoms with E-state index in [2.05, 4.69) is 22.0 Å². The first-order chi connectivity index (χ1) is 6.81. The Labute approximate surface area is 82.0 Å². The van der Waals surface area contributed by atoms with Gasteiger partial charge in [0.15, 0.2) is 0 Å². The molecule has 2 aromatic rings. The van der Waals surface area contributed by atoms with Crippen molar-refractivity contribution in [2.45, 2.75) is 26.2 Å². The first-order valence-electron chi connectivity index (χ1n) is 4.76. The summed E-state index contributed by atoms with van der Waals surface area (Å²) in [5, 5.41) is 3.96. The van der Waals surface area contributed by atoms with Crippen LogP contribution in [0.4, 0.5) is 5.82 Å². The normalized spacial score (nSPS) is 10.9. The van der Waals surface area contributed by atoms with Crippen molar-refractivity contribution in [2.24, 2.45) is 0 Å². The number of nitrogen functional groups attached to an aromatic ring is 1. The predicted molar refractivity (Wildman–Crippen MR) is 53.8 cm³/mol. The predicted octanol–water partition coefficient (Wildman–Crippen LogP) is 1.05. The van der Waals surface area contributed by atoms with E-state index in [4.69, 9.17) is 5.73 Å². The van der Waals surface area contributed by atoms with E-state index >= 15 is 0 Å². The molecule has 0 bridgehead atoms. The molecule has 2 aromatic heterocycles. The van der Waals surface area contributed by atoms with Gasteiger partial charge in [0.1, 0.15) is 12.1 Å². The molecule has 0 fully saturated rings. The molecule has 0 atom stereocenters. The van der Waals surface area contributed by atoms with Crippen molar-refractivity contribution in [3.05, 3.63) is 18.1 Å². The Kier molecular flexibility index (Phi) is 2.30. The molecule has 2 rings (SSSR count). The molecular formula is C9H13N5. The van der Waals surface area contributed by atoms with Crippen LogP contribution in [0.15, 0.2) is 12.4 Å². The van der Waals surface area contributed by atoms with Gasteiger partial charge in [-0.1, -0.05) is 13.3 Å². The number of nitrogens with two attached hydrogens (primary N) is 1. The van der Waals surface area contributed by atoms with Crippen LogP contribution in [0.25, 0.3) is 5.78 Å². The molecule has 2 N–H and O–H groups in total. The number of hydrogen-bond acceptors (Lipinski definition) is 4. The molecule has 0 aromatic carbocycles. The van der Waals surface area contributed by atoms with Crippen LogP contribution in [0, 0.1) is 0 Å². The number of nitrogens with zero attached hydrogens (tertiary/aromatic N) is 4. The summed E-state index contributed by atoms with van der Waals surface area (Å²) in [4.78, 5) is 8.35. The number of hydrogen-bond donors (Lipinski definition) is 1. The van der Waals surface area contributed by atoms with Crippen LogP contribution < -0.4 is 5.73 Å². The van der Waals surface area contributed by atoms with Crippen LogP contribution in [0.2, 0.25) is 0 Å². The van der Waals surface area contributed by atoms with Crippen LogP contribution in [-0.2, 0) is 6.42 Å². The lowest BCUT2D eigenvalue weighted by molar-refractivity contribution is 0.772. The molecule has 5 heteroatoms. The number of rotatable bonds is 3. The minimum absolute atomic E-state index is 0.580. The maximum atomic E-state index is 5.79. The lowest BCUT2D eigenvalue weighted by Gasteiger charge is -2.01. The second kappa shape index (κ2) is 3.61. The van der Waals surface area contributed by atoms with Gasteiger partial charge in [-0.2, -0.15) is 14.6 Å². The van der Waals surface area contributed by atoms with Crippen LogP contribution in [-0.4, -0.2) is 19.6 Å². The Balaban J connectivity index is 2.38. The smallest absolute Gasteiger partial charge is 0.254 e. The lowest BCUT2D eigenvalue weighted by atomic mass is 10.2. The number of aromatic nitrogens is 4. The molecule has 0 aliphatic rings. The summed E-state index contributed by atoms with van der Waals surface area (Å²) in [6.07, 6.45) is 4.68. The van der Waals surface area contributed by atoms with Gasteiger partial charge in [0.25, 0.3) is 5.78 Å². The monoisotopic (exact) mass is 191 g/mol. The summed E-state index contributed by atoms with van der Waals surface area (Å²) in [5.41, 5.74) is 6.78. The number of unbranched alkanes of at least 4 members (excludes halogenated alkanes) is 1. The molecule has 14 heavy (non-hydrogen) atoms. The molecule has 2 heterocycles. The van der Waals surface area contributed by atoms with Crippen LogP contribution in [0.1, 0.15) is 25.5 Å². The Bertz CT molecular complexity index is 434. The molecule has 74 valence electrons.